The highest BCUT2D eigenvalue weighted by Crippen LogP contribution is 2.42. The maximum Gasteiger partial charge on any atom is 0.164 e. The normalized spacial score (nSPS) is 11.7. The molecule has 0 aliphatic heterocycles. The average Bonchev–Trinajstić information content (AvgIpc) is 4.18. The Morgan fingerprint density at radius 3 is 1.52 bits per heavy atom. The highest BCUT2D eigenvalue weighted by Gasteiger charge is 2.21. The second-order valence-electron chi connectivity index (χ2n) is 19.1. The van der Waals surface area contributed by atoms with Gasteiger partial charge in [-0.2, -0.15) is 0 Å². The fourth-order valence-corrected chi connectivity index (χ4v) is 11.1. The molecule has 0 N–H and O–H groups in total. The maximum atomic E-state index is 6.64. The lowest BCUT2D eigenvalue weighted by molar-refractivity contribution is 0.666. The number of aromatic nitrogens is 4. The summed E-state index contributed by atoms with van der Waals surface area (Å²) in [7, 11) is 0. The molecule has 15 rings (SSSR count). The van der Waals surface area contributed by atoms with Gasteiger partial charge in [-0.05, 0) is 117 Å². The molecule has 15 aromatic rings. The topological polar surface area (TPSA) is 69.9 Å². The molecular weight excluding hydrogens is 917 g/mol. The summed E-state index contributed by atoms with van der Waals surface area (Å²) in [5.41, 5.74) is 18.1. The first kappa shape index (κ1) is 42.5. The summed E-state index contributed by atoms with van der Waals surface area (Å²) in [5, 5.41) is 6.47. The lowest BCUT2D eigenvalue weighted by atomic mass is 9.93. The van der Waals surface area contributed by atoms with Crippen LogP contribution in [0.3, 0.4) is 0 Å². The average molecular weight is 959 g/mol. The first-order chi connectivity index (χ1) is 37.1. The number of hydrogen-bond acceptors (Lipinski definition) is 5. The van der Waals surface area contributed by atoms with Crippen LogP contribution in [0.15, 0.2) is 264 Å². The Morgan fingerprint density at radius 2 is 0.760 bits per heavy atom. The lowest BCUT2D eigenvalue weighted by Gasteiger charge is -2.13. The van der Waals surface area contributed by atoms with Gasteiger partial charge >= 0.3 is 0 Å². The maximum absolute atomic E-state index is 6.64. The van der Waals surface area contributed by atoms with E-state index in [1.165, 1.54) is 5.39 Å². The van der Waals surface area contributed by atoms with E-state index in [1.54, 1.807) is 0 Å². The summed E-state index contributed by atoms with van der Waals surface area (Å²) in [6.45, 7) is 0. The Bertz CT molecular complexity index is 4650. The summed E-state index contributed by atoms with van der Waals surface area (Å²) >= 11 is 0. The van der Waals surface area contributed by atoms with E-state index in [4.69, 9.17) is 23.8 Å². The minimum Gasteiger partial charge on any atom is -0.456 e. The van der Waals surface area contributed by atoms with E-state index in [1.807, 2.05) is 54.6 Å². The first-order valence-corrected chi connectivity index (χ1v) is 25.2. The Kier molecular flexibility index (Phi) is 9.78. The number of rotatable bonds is 8. The van der Waals surface area contributed by atoms with E-state index in [0.717, 1.165) is 127 Å². The van der Waals surface area contributed by atoms with Crippen LogP contribution in [-0.2, 0) is 0 Å². The number of para-hydroxylation sites is 3. The van der Waals surface area contributed by atoms with Gasteiger partial charge in [0.2, 0.25) is 0 Å². The molecule has 0 radical (unpaired) electrons. The van der Waals surface area contributed by atoms with Crippen LogP contribution in [-0.4, -0.2) is 19.5 Å². The van der Waals surface area contributed by atoms with Crippen LogP contribution in [0.25, 0.3) is 150 Å². The largest absolute Gasteiger partial charge is 0.456 e. The summed E-state index contributed by atoms with van der Waals surface area (Å²) in [6.07, 6.45) is 0. The zero-order chi connectivity index (χ0) is 49.4. The smallest absolute Gasteiger partial charge is 0.164 e. The van der Waals surface area contributed by atoms with Gasteiger partial charge in [0.05, 0.1) is 16.7 Å². The van der Waals surface area contributed by atoms with Crippen molar-refractivity contribution >= 4 is 65.7 Å². The summed E-state index contributed by atoms with van der Waals surface area (Å²) in [6, 6.07) is 89.4. The minimum absolute atomic E-state index is 0.564. The van der Waals surface area contributed by atoms with Crippen LogP contribution >= 0.6 is 0 Å². The number of fused-ring (bicyclic) bond motifs is 9. The molecule has 6 nitrogen and oxygen atoms in total. The first-order valence-electron chi connectivity index (χ1n) is 25.2. The second-order valence-corrected chi connectivity index (χ2v) is 19.1. The molecule has 4 heterocycles. The Hall–Kier alpha value is -10.2. The summed E-state index contributed by atoms with van der Waals surface area (Å²) in [5.74, 6) is 1.74. The number of furan rings is 2. The van der Waals surface area contributed by atoms with Crippen molar-refractivity contribution in [1.29, 1.82) is 0 Å². The SMILES string of the molecule is c1ccc(-c2cc(-c3ccccc3)cc(-c3cccc(-c4nc(-c5ccccc5)nc(-c5cccc6oc7ccc(-c8ccc9c(c8)c8ccccc8n9-c8cccc9c8oc8ccccc89)cc7c56)n4)c3)c2)cc1. The van der Waals surface area contributed by atoms with E-state index in [9.17, 15) is 0 Å². The van der Waals surface area contributed by atoms with Crippen LogP contribution < -0.4 is 0 Å². The van der Waals surface area contributed by atoms with Crippen LogP contribution in [0.2, 0.25) is 0 Å². The van der Waals surface area contributed by atoms with E-state index < -0.39 is 0 Å². The molecule has 11 aromatic carbocycles. The molecule has 0 atom stereocenters. The van der Waals surface area contributed by atoms with Gasteiger partial charge in [-0.25, -0.2) is 15.0 Å². The van der Waals surface area contributed by atoms with Crippen molar-refractivity contribution in [3.63, 3.8) is 0 Å². The van der Waals surface area contributed by atoms with Crippen molar-refractivity contribution in [1.82, 2.24) is 19.5 Å². The predicted molar refractivity (Wildman–Crippen MR) is 307 cm³/mol. The van der Waals surface area contributed by atoms with Crippen molar-refractivity contribution in [2.75, 3.05) is 0 Å². The van der Waals surface area contributed by atoms with Gasteiger partial charge in [0.15, 0.2) is 23.1 Å². The zero-order valence-electron chi connectivity index (χ0n) is 40.4. The highest BCUT2D eigenvalue weighted by atomic mass is 16.3. The van der Waals surface area contributed by atoms with Crippen molar-refractivity contribution < 1.29 is 8.83 Å². The molecule has 0 spiro atoms. The third kappa shape index (κ3) is 7.22. The minimum atomic E-state index is 0.564. The molecule has 75 heavy (non-hydrogen) atoms. The Labute approximate surface area is 431 Å². The summed E-state index contributed by atoms with van der Waals surface area (Å²) in [4.78, 5) is 15.8. The van der Waals surface area contributed by atoms with Crippen LogP contribution in [0, 0.1) is 0 Å². The van der Waals surface area contributed by atoms with Gasteiger partial charge in [-0.15, -0.1) is 0 Å². The van der Waals surface area contributed by atoms with E-state index >= 15 is 0 Å². The predicted octanol–water partition coefficient (Wildman–Crippen LogP) is 18.4. The molecule has 0 saturated heterocycles. The Morgan fingerprint density at radius 1 is 0.267 bits per heavy atom. The highest BCUT2D eigenvalue weighted by molar-refractivity contribution is 6.15. The van der Waals surface area contributed by atoms with Crippen LogP contribution in [0.5, 0.6) is 0 Å². The van der Waals surface area contributed by atoms with Gasteiger partial charge in [-0.1, -0.05) is 182 Å². The zero-order valence-corrected chi connectivity index (χ0v) is 40.4. The Balaban J connectivity index is 0.863. The molecular formula is C69H42N4O2. The monoisotopic (exact) mass is 958 g/mol. The second kappa shape index (κ2) is 17.3. The quantitative estimate of drug-likeness (QED) is 0.152. The van der Waals surface area contributed by atoms with E-state index in [-0.39, 0.29) is 0 Å². The van der Waals surface area contributed by atoms with Crippen molar-refractivity contribution in [3.8, 4) is 84.4 Å². The summed E-state index contributed by atoms with van der Waals surface area (Å²) < 4.78 is 15.6. The van der Waals surface area contributed by atoms with Gasteiger partial charge in [0, 0.05) is 49.0 Å². The van der Waals surface area contributed by atoms with Gasteiger partial charge in [0.25, 0.3) is 0 Å². The van der Waals surface area contributed by atoms with Crippen molar-refractivity contribution in [2.24, 2.45) is 0 Å². The molecule has 6 heteroatoms. The molecule has 0 amide bonds. The fraction of sp³-hybridized carbons (Fsp3) is 0. The van der Waals surface area contributed by atoms with Crippen LogP contribution in [0.4, 0.5) is 0 Å². The van der Waals surface area contributed by atoms with Gasteiger partial charge < -0.3 is 13.4 Å². The standard InChI is InChI=1S/C69H42N4O2/c1-4-17-43(18-5-1)50-38-51(44-19-6-2-7-20-44)40-52(39-50)46-23-14-24-49(37-46)68-70-67(45-21-8-3-9-22-45)71-69(72-68)56-28-16-32-64-65(56)58-42-48(34-36-63(58)74-64)47-33-35-60-57(41-47)53-25-10-12-29-59(53)73(60)61-30-15-27-55-54-26-11-13-31-62(54)75-66(55)61/h1-42H. The molecule has 0 aliphatic rings. The van der Waals surface area contributed by atoms with Crippen molar-refractivity contribution in [2.45, 2.75) is 0 Å². The number of hydrogen-bond donors (Lipinski definition) is 0. The molecule has 0 fully saturated rings. The molecule has 350 valence electrons. The van der Waals surface area contributed by atoms with E-state index in [2.05, 4.69) is 205 Å². The molecule has 0 aliphatic carbocycles. The van der Waals surface area contributed by atoms with Crippen LogP contribution in [0.1, 0.15) is 0 Å². The van der Waals surface area contributed by atoms with E-state index in [0.29, 0.717) is 17.5 Å². The molecule has 0 bridgehead atoms. The number of nitrogens with zero attached hydrogens (tertiary/aromatic N) is 4. The van der Waals surface area contributed by atoms with Crippen molar-refractivity contribution in [3.05, 3.63) is 255 Å². The molecule has 0 unspecified atom stereocenters. The number of benzene rings is 11. The lowest BCUT2D eigenvalue weighted by Crippen LogP contribution is -2.00. The molecule has 4 aromatic heterocycles. The third-order valence-corrected chi connectivity index (χ3v) is 14.6. The fourth-order valence-electron chi connectivity index (χ4n) is 11.1. The molecule has 0 saturated carbocycles. The van der Waals surface area contributed by atoms with Gasteiger partial charge in [-0.3, -0.25) is 0 Å². The third-order valence-electron chi connectivity index (χ3n) is 14.6. The van der Waals surface area contributed by atoms with Gasteiger partial charge in [0.1, 0.15) is 16.7 Å².